The summed E-state index contributed by atoms with van der Waals surface area (Å²) in [6, 6.07) is 1.87. The number of allylic oxidation sites excluding steroid dienone is 1. The van der Waals surface area contributed by atoms with Gasteiger partial charge in [-0.15, -0.1) is 0 Å². The van der Waals surface area contributed by atoms with E-state index in [1.54, 1.807) is 4.68 Å². The number of rotatable bonds is 6. The molecule has 1 heterocycles. The first kappa shape index (κ1) is 13.5. The van der Waals surface area contributed by atoms with Crippen molar-refractivity contribution in [3.05, 3.63) is 29.6 Å². The van der Waals surface area contributed by atoms with E-state index >= 15 is 0 Å². The van der Waals surface area contributed by atoms with Crippen LogP contribution in [0.1, 0.15) is 43.4 Å². The predicted molar refractivity (Wildman–Crippen MR) is 69.0 cm³/mol. The first-order valence-corrected chi connectivity index (χ1v) is 6.19. The molecule has 1 N–H and O–H groups in total. The minimum atomic E-state index is -0.0384. The minimum Gasteiger partial charge on any atom is -0.350 e. The van der Waals surface area contributed by atoms with E-state index in [9.17, 15) is 4.79 Å². The summed E-state index contributed by atoms with van der Waals surface area (Å²) in [6.07, 6.45) is 5.74. The second-order valence-corrected chi connectivity index (χ2v) is 3.80. The van der Waals surface area contributed by atoms with E-state index in [0.717, 1.165) is 25.1 Å². The maximum Gasteiger partial charge on any atom is 0.269 e. The number of carbonyl (C=O) groups excluding carboxylic acids is 1. The van der Waals surface area contributed by atoms with E-state index in [4.69, 9.17) is 0 Å². The van der Waals surface area contributed by atoms with E-state index in [2.05, 4.69) is 10.4 Å². The predicted octanol–water partition coefficient (Wildman–Crippen LogP) is 2.16. The molecule has 0 bridgehead atoms. The molecular weight excluding hydrogens is 214 g/mol. The highest BCUT2D eigenvalue weighted by atomic mass is 16.2. The summed E-state index contributed by atoms with van der Waals surface area (Å²) in [5, 5.41) is 7.25. The Bertz CT molecular complexity index is 393. The molecule has 0 unspecified atom stereocenters. The molecule has 0 aliphatic heterocycles. The number of aromatic nitrogens is 2. The molecule has 4 nitrogen and oxygen atoms in total. The van der Waals surface area contributed by atoms with E-state index in [1.165, 1.54) is 0 Å². The molecule has 0 spiro atoms. The minimum absolute atomic E-state index is 0.0384. The third-order valence-electron chi connectivity index (χ3n) is 2.56. The highest BCUT2D eigenvalue weighted by molar-refractivity contribution is 5.92. The third kappa shape index (κ3) is 3.73. The zero-order valence-electron chi connectivity index (χ0n) is 10.9. The zero-order chi connectivity index (χ0) is 12.7. The van der Waals surface area contributed by atoms with Gasteiger partial charge in [0, 0.05) is 13.1 Å². The van der Waals surface area contributed by atoms with Crippen molar-refractivity contribution in [1.82, 2.24) is 15.1 Å². The number of nitrogens with zero attached hydrogens (tertiary/aromatic N) is 2. The topological polar surface area (TPSA) is 46.9 Å². The second-order valence-electron chi connectivity index (χ2n) is 3.80. The van der Waals surface area contributed by atoms with Crippen LogP contribution in [0, 0.1) is 0 Å². The van der Waals surface area contributed by atoms with Crippen molar-refractivity contribution >= 4 is 5.91 Å². The quantitative estimate of drug-likeness (QED) is 0.606. The lowest BCUT2D eigenvalue weighted by atomic mass is 10.3. The Morgan fingerprint density at radius 3 is 2.88 bits per heavy atom. The molecule has 1 aromatic rings. The van der Waals surface area contributed by atoms with Crippen LogP contribution >= 0.6 is 0 Å². The SMILES string of the molecule is C/C=C/CCNC(=O)c1cc(CC)nn1CC. The number of aryl methyl sites for hydroxylation is 2. The van der Waals surface area contributed by atoms with Gasteiger partial charge in [-0.05, 0) is 32.8 Å². The summed E-state index contributed by atoms with van der Waals surface area (Å²) >= 11 is 0. The number of amides is 1. The first-order valence-electron chi connectivity index (χ1n) is 6.19. The van der Waals surface area contributed by atoms with Gasteiger partial charge in [-0.3, -0.25) is 9.48 Å². The lowest BCUT2D eigenvalue weighted by Gasteiger charge is -2.05. The monoisotopic (exact) mass is 235 g/mol. The van der Waals surface area contributed by atoms with Crippen molar-refractivity contribution in [2.45, 2.75) is 40.2 Å². The van der Waals surface area contributed by atoms with Crippen LogP contribution in [0.5, 0.6) is 0 Å². The van der Waals surface area contributed by atoms with Gasteiger partial charge in [0.2, 0.25) is 0 Å². The number of hydrogen-bond acceptors (Lipinski definition) is 2. The van der Waals surface area contributed by atoms with Crippen LogP contribution in [0.15, 0.2) is 18.2 Å². The molecule has 0 atom stereocenters. The van der Waals surface area contributed by atoms with Gasteiger partial charge in [-0.2, -0.15) is 5.10 Å². The van der Waals surface area contributed by atoms with Gasteiger partial charge in [-0.25, -0.2) is 0 Å². The van der Waals surface area contributed by atoms with Crippen molar-refractivity contribution in [1.29, 1.82) is 0 Å². The molecular formula is C13H21N3O. The molecule has 94 valence electrons. The molecule has 0 saturated heterocycles. The first-order chi connectivity index (χ1) is 8.22. The Morgan fingerprint density at radius 1 is 1.53 bits per heavy atom. The van der Waals surface area contributed by atoms with E-state index in [0.29, 0.717) is 12.2 Å². The van der Waals surface area contributed by atoms with Crippen molar-refractivity contribution < 1.29 is 4.79 Å². The van der Waals surface area contributed by atoms with E-state index < -0.39 is 0 Å². The summed E-state index contributed by atoms with van der Waals surface area (Å²) < 4.78 is 1.75. The Labute approximate surface area is 103 Å². The van der Waals surface area contributed by atoms with Crippen molar-refractivity contribution in [3.63, 3.8) is 0 Å². The van der Waals surface area contributed by atoms with Gasteiger partial charge in [0.1, 0.15) is 5.69 Å². The molecule has 0 aliphatic rings. The van der Waals surface area contributed by atoms with Crippen molar-refractivity contribution in [2.75, 3.05) is 6.54 Å². The molecule has 0 aromatic carbocycles. The number of hydrogen-bond donors (Lipinski definition) is 1. The summed E-state index contributed by atoms with van der Waals surface area (Å²) in [4.78, 5) is 11.9. The molecule has 0 radical (unpaired) electrons. The Kier molecular flexibility index (Phi) is 5.46. The molecule has 1 amide bonds. The maximum absolute atomic E-state index is 11.9. The van der Waals surface area contributed by atoms with Crippen LogP contribution in [-0.4, -0.2) is 22.2 Å². The van der Waals surface area contributed by atoms with Crippen LogP contribution in [0.25, 0.3) is 0 Å². The second kappa shape index (κ2) is 6.89. The highest BCUT2D eigenvalue weighted by Gasteiger charge is 2.12. The van der Waals surface area contributed by atoms with Gasteiger partial charge < -0.3 is 5.32 Å². The molecule has 1 rings (SSSR count). The van der Waals surface area contributed by atoms with E-state index in [-0.39, 0.29) is 5.91 Å². The van der Waals surface area contributed by atoms with Gasteiger partial charge >= 0.3 is 0 Å². The Morgan fingerprint density at radius 2 is 2.29 bits per heavy atom. The fourth-order valence-electron chi connectivity index (χ4n) is 1.59. The van der Waals surface area contributed by atoms with Crippen LogP contribution in [0.2, 0.25) is 0 Å². The Balaban J connectivity index is 2.64. The molecule has 17 heavy (non-hydrogen) atoms. The summed E-state index contributed by atoms with van der Waals surface area (Å²) in [6.45, 7) is 7.39. The van der Waals surface area contributed by atoms with Gasteiger partial charge in [0.25, 0.3) is 5.91 Å². The molecule has 4 heteroatoms. The van der Waals surface area contributed by atoms with Crippen LogP contribution in [-0.2, 0) is 13.0 Å². The summed E-state index contributed by atoms with van der Waals surface area (Å²) in [5.41, 5.74) is 1.62. The fraction of sp³-hybridized carbons (Fsp3) is 0.538. The van der Waals surface area contributed by atoms with Crippen molar-refractivity contribution in [3.8, 4) is 0 Å². The third-order valence-corrected chi connectivity index (χ3v) is 2.56. The van der Waals surface area contributed by atoms with Gasteiger partial charge in [0.05, 0.1) is 5.69 Å². The summed E-state index contributed by atoms with van der Waals surface area (Å²) in [7, 11) is 0. The molecule has 0 fully saturated rings. The van der Waals surface area contributed by atoms with Crippen LogP contribution in [0.4, 0.5) is 0 Å². The smallest absolute Gasteiger partial charge is 0.269 e. The lowest BCUT2D eigenvalue weighted by molar-refractivity contribution is 0.0943. The van der Waals surface area contributed by atoms with Crippen LogP contribution in [0.3, 0.4) is 0 Å². The maximum atomic E-state index is 11.9. The molecule has 1 aromatic heterocycles. The summed E-state index contributed by atoms with van der Waals surface area (Å²) in [5.74, 6) is -0.0384. The fourth-order valence-corrected chi connectivity index (χ4v) is 1.59. The Hall–Kier alpha value is -1.58. The van der Waals surface area contributed by atoms with E-state index in [1.807, 2.05) is 39.0 Å². The van der Waals surface area contributed by atoms with Gasteiger partial charge in [0.15, 0.2) is 0 Å². The van der Waals surface area contributed by atoms with Crippen molar-refractivity contribution in [2.24, 2.45) is 0 Å². The molecule has 0 saturated carbocycles. The standard InChI is InChI=1S/C13H21N3O/c1-4-7-8-9-14-13(17)12-10-11(5-2)15-16(12)6-3/h4,7,10H,5-6,8-9H2,1-3H3,(H,14,17)/b7-4+. The number of nitrogens with one attached hydrogen (secondary N) is 1. The average molecular weight is 235 g/mol. The van der Waals surface area contributed by atoms with Gasteiger partial charge in [-0.1, -0.05) is 19.1 Å². The number of carbonyl (C=O) groups is 1. The largest absolute Gasteiger partial charge is 0.350 e. The molecule has 0 aliphatic carbocycles. The average Bonchev–Trinajstić information content (AvgIpc) is 2.77. The lowest BCUT2D eigenvalue weighted by Crippen LogP contribution is -2.26. The zero-order valence-corrected chi connectivity index (χ0v) is 10.9. The van der Waals surface area contributed by atoms with Crippen LogP contribution < -0.4 is 5.32 Å². The normalized spacial score (nSPS) is 11.0. The highest BCUT2D eigenvalue weighted by Crippen LogP contribution is 2.05.